The first-order valence-corrected chi connectivity index (χ1v) is 23.0. The monoisotopic (exact) mass is 831 g/mol. The predicted molar refractivity (Wildman–Crippen MR) is 278 cm³/mol. The smallest absolute Gasteiger partial charge is 0.0571 e. The number of aryl methyl sites for hydroxylation is 1. The lowest BCUT2D eigenvalue weighted by molar-refractivity contribution is 0.665. The number of unbranched alkanes of at least 4 members (excludes halogenated alkanes) is 1. The van der Waals surface area contributed by atoms with E-state index in [1.165, 1.54) is 111 Å². The average Bonchev–Trinajstić information content (AvgIpc) is 3.71. The number of benzene rings is 10. The first-order chi connectivity index (χ1) is 32.2. The van der Waals surface area contributed by atoms with Gasteiger partial charge in [-0.2, -0.15) is 0 Å². The van der Waals surface area contributed by atoms with Crippen molar-refractivity contribution in [3.05, 3.63) is 243 Å². The van der Waals surface area contributed by atoms with Gasteiger partial charge in [0.15, 0.2) is 0 Å². The molecular weight excluding hydrogens is 783 g/mol. The van der Waals surface area contributed by atoms with Crippen molar-refractivity contribution in [1.82, 2.24) is 4.57 Å². The average molecular weight is 832 g/mol. The van der Waals surface area contributed by atoms with E-state index in [9.17, 15) is 0 Å². The Hall–Kier alpha value is -8.00. The SMILES string of the molecule is CCCCn1c2c(-c3ccc(-c4ccccc4)cc3)cc(-c3ccc(-c4ccccc4)cc3)cc2c2cc(-c3ccc(-c4ccccc4)cc3)cc(-c3ccc(-c4ccccc4)cc3)c21. The zero-order valence-corrected chi connectivity index (χ0v) is 36.7. The second kappa shape index (κ2) is 17.6. The predicted octanol–water partition coefficient (Wildman–Crippen LogP) is 17.9. The second-order valence-corrected chi connectivity index (χ2v) is 17.1. The lowest BCUT2D eigenvalue weighted by atomic mass is 9.91. The summed E-state index contributed by atoms with van der Waals surface area (Å²) in [5.41, 5.74) is 22.1. The highest BCUT2D eigenvalue weighted by molar-refractivity contribution is 6.18. The summed E-state index contributed by atoms with van der Waals surface area (Å²) in [5, 5.41) is 2.54. The quantitative estimate of drug-likeness (QED) is 0.122. The fraction of sp³-hybridized carbons (Fsp3) is 0.0625. The minimum absolute atomic E-state index is 0.914. The van der Waals surface area contributed by atoms with E-state index in [2.05, 4.69) is 254 Å². The van der Waals surface area contributed by atoms with Crippen molar-refractivity contribution in [2.24, 2.45) is 0 Å². The standard InChI is InChI=1S/C64H49N/c1-2-3-40-65-63-59(55-36-32-51(33-37-55)47-20-12-6-13-21-47)41-57(53-28-24-49(25-29-53)45-16-8-4-9-17-45)43-61(63)62-44-58(54-30-26-50(27-31-54)46-18-10-5-11-19-46)42-60(64(62)65)56-38-34-52(35-39-56)48-22-14-7-15-23-48/h4-39,41-44H,2-3,40H2,1H3. The zero-order valence-electron chi connectivity index (χ0n) is 36.7. The van der Waals surface area contributed by atoms with Crippen LogP contribution in [0.3, 0.4) is 0 Å². The molecule has 10 aromatic carbocycles. The molecule has 310 valence electrons. The van der Waals surface area contributed by atoms with Crippen molar-refractivity contribution in [2.45, 2.75) is 26.3 Å². The molecule has 1 nitrogen and oxygen atoms in total. The summed E-state index contributed by atoms with van der Waals surface area (Å²) >= 11 is 0. The van der Waals surface area contributed by atoms with Crippen LogP contribution in [0.25, 0.3) is 111 Å². The summed E-state index contributed by atoms with van der Waals surface area (Å²) in [6, 6.07) is 89.2. The molecule has 0 radical (unpaired) electrons. The van der Waals surface area contributed by atoms with Crippen LogP contribution < -0.4 is 0 Å². The van der Waals surface area contributed by atoms with Crippen molar-refractivity contribution in [1.29, 1.82) is 0 Å². The van der Waals surface area contributed by atoms with Gasteiger partial charge in [0.05, 0.1) is 11.0 Å². The number of hydrogen-bond acceptors (Lipinski definition) is 0. The van der Waals surface area contributed by atoms with E-state index in [0.717, 1.165) is 19.4 Å². The van der Waals surface area contributed by atoms with Gasteiger partial charge >= 0.3 is 0 Å². The normalized spacial score (nSPS) is 11.3. The fourth-order valence-electron chi connectivity index (χ4n) is 9.60. The molecule has 1 heterocycles. The minimum atomic E-state index is 0.914. The molecule has 0 spiro atoms. The summed E-state index contributed by atoms with van der Waals surface area (Å²) in [4.78, 5) is 0. The third kappa shape index (κ3) is 7.88. The molecule has 0 bridgehead atoms. The van der Waals surface area contributed by atoms with Gasteiger partial charge in [-0.05, 0) is 109 Å². The Kier molecular flexibility index (Phi) is 10.8. The van der Waals surface area contributed by atoms with Gasteiger partial charge in [0.2, 0.25) is 0 Å². The van der Waals surface area contributed by atoms with Gasteiger partial charge in [0.25, 0.3) is 0 Å². The molecule has 0 aliphatic heterocycles. The lowest BCUT2D eigenvalue weighted by Gasteiger charge is -2.16. The molecule has 0 aliphatic carbocycles. The summed E-state index contributed by atoms with van der Waals surface area (Å²) in [6.07, 6.45) is 2.17. The number of rotatable bonds is 11. The summed E-state index contributed by atoms with van der Waals surface area (Å²) in [6.45, 7) is 3.21. The molecule has 0 fully saturated rings. The molecule has 0 amide bonds. The van der Waals surface area contributed by atoms with Crippen LogP contribution >= 0.6 is 0 Å². The van der Waals surface area contributed by atoms with Crippen molar-refractivity contribution in [2.75, 3.05) is 0 Å². The topological polar surface area (TPSA) is 4.93 Å². The van der Waals surface area contributed by atoms with Gasteiger partial charge in [-0.15, -0.1) is 0 Å². The van der Waals surface area contributed by atoms with Gasteiger partial charge in [-0.3, -0.25) is 0 Å². The van der Waals surface area contributed by atoms with E-state index < -0.39 is 0 Å². The van der Waals surface area contributed by atoms with Gasteiger partial charge in [-0.25, -0.2) is 0 Å². The minimum Gasteiger partial charge on any atom is -0.339 e. The maximum absolute atomic E-state index is 2.65. The molecule has 0 saturated heterocycles. The van der Waals surface area contributed by atoms with Crippen LogP contribution in [0, 0.1) is 0 Å². The fourth-order valence-corrected chi connectivity index (χ4v) is 9.60. The third-order valence-corrected chi connectivity index (χ3v) is 13.0. The highest BCUT2D eigenvalue weighted by Gasteiger charge is 2.22. The molecular formula is C64H49N. The Morgan fingerprint density at radius 1 is 0.262 bits per heavy atom. The van der Waals surface area contributed by atoms with Crippen molar-refractivity contribution in [3.63, 3.8) is 0 Å². The van der Waals surface area contributed by atoms with Crippen LogP contribution in [-0.2, 0) is 6.54 Å². The largest absolute Gasteiger partial charge is 0.339 e. The van der Waals surface area contributed by atoms with Gasteiger partial charge in [0, 0.05) is 28.4 Å². The first kappa shape index (κ1) is 39.8. The molecule has 0 N–H and O–H groups in total. The number of aromatic nitrogens is 1. The molecule has 11 rings (SSSR count). The van der Waals surface area contributed by atoms with Crippen LogP contribution in [0.1, 0.15) is 19.8 Å². The summed E-state index contributed by atoms with van der Waals surface area (Å²) < 4.78 is 2.65. The highest BCUT2D eigenvalue weighted by Crippen LogP contribution is 2.45. The number of nitrogens with zero attached hydrogens (tertiary/aromatic N) is 1. The van der Waals surface area contributed by atoms with Crippen molar-refractivity contribution in [3.8, 4) is 89.0 Å². The molecule has 1 heteroatoms. The molecule has 65 heavy (non-hydrogen) atoms. The maximum Gasteiger partial charge on any atom is 0.0571 e. The maximum atomic E-state index is 2.65. The van der Waals surface area contributed by atoms with Gasteiger partial charge < -0.3 is 4.57 Å². The van der Waals surface area contributed by atoms with Crippen LogP contribution in [0.2, 0.25) is 0 Å². The highest BCUT2D eigenvalue weighted by atomic mass is 15.0. The Morgan fingerprint density at radius 2 is 0.508 bits per heavy atom. The Labute approximate surface area is 382 Å². The molecule has 1 aromatic heterocycles. The van der Waals surface area contributed by atoms with Gasteiger partial charge in [-0.1, -0.05) is 232 Å². The molecule has 0 aliphatic rings. The first-order valence-electron chi connectivity index (χ1n) is 23.0. The van der Waals surface area contributed by atoms with E-state index in [-0.39, 0.29) is 0 Å². The van der Waals surface area contributed by atoms with Crippen LogP contribution in [-0.4, -0.2) is 4.57 Å². The second-order valence-electron chi connectivity index (χ2n) is 17.1. The molecule has 0 atom stereocenters. The number of hydrogen-bond donors (Lipinski definition) is 0. The van der Waals surface area contributed by atoms with E-state index in [1.54, 1.807) is 0 Å². The molecule has 11 aromatic rings. The lowest BCUT2D eigenvalue weighted by Crippen LogP contribution is -2.00. The van der Waals surface area contributed by atoms with Crippen LogP contribution in [0.5, 0.6) is 0 Å². The Bertz CT molecular complexity index is 3140. The van der Waals surface area contributed by atoms with Crippen molar-refractivity contribution < 1.29 is 0 Å². The zero-order chi connectivity index (χ0) is 43.5. The summed E-state index contributed by atoms with van der Waals surface area (Å²) in [5.74, 6) is 0. The van der Waals surface area contributed by atoms with Crippen LogP contribution in [0.15, 0.2) is 243 Å². The Balaban J connectivity index is 1.17. The number of fused-ring (bicyclic) bond motifs is 3. The van der Waals surface area contributed by atoms with Gasteiger partial charge in [0.1, 0.15) is 0 Å². The molecule has 0 unspecified atom stereocenters. The molecule has 0 saturated carbocycles. The van der Waals surface area contributed by atoms with Crippen molar-refractivity contribution >= 4 is 21.8 Å². The van der Waals surface area contributed by atoms with Crippen LogP contribution in [0.4, 0.5) is 0 Å². The third-order valence-electron chi connectivity index (χ3n) is 13.0. The van der Waals surface area contributed by atoms with E-state index in [1.807, 2.05) is 0 Å². The Morgan fingerprint density at radius 3 is 0.785 bits per heavy atom. The van der Waals surface area contributed by atoms with E-state index in [0.29, 0.717) is 0 Å². The summed E-state index contributed by atoms with van der Waals surface area (Å²) in [7, 11) is 0. The van der Waals surface area contributed by atoms with E-state index in [4.69, 9.17) is 0 Å². The van der Waals surface area contributed by atoms with E-state index >= 15 is 0 Å².